The van der Waals surface area contributed by atoms with Gasteiger partial charge in [-0.15, -0.1) is 0 Å². The third-order valence-corrected chi connectivity index (χ3v) is 2.97. The molecule has 0 spiro atoms. The molecule has 0 saturated heterocycles. The summed E-state index contributed by atoms with van der Waals surface area (Å²) in [5.74, 6) is -3.70. The van der Waals surface area contributed by atoms with Crippen molar-refractivity contribution in [1.82, 2.24) is 5.32 Å². The number of aliphatic carboxylic acids is 1. The van der Waals surface area contributed by atoms with Gasteiger partial charge < -0.3 is 15.2 Å². The zero-order valence-electron chi connectivity index (χ0n) is 11.4. The average Bonchev–Trinajstić information content (AvgIpc) is 2.32. The van der Waals surface area contributed by atoms with Crippen molar-refractivity contribution in [1.29, 1.82) is 0 Å². The second-order valence-corrected chi connectivity index (χ2v) is 4.67. The third-order valence-electron chi connectivity index (χ3n) is 2.97. The fraction of sp³-hybridized carbons (Fsp3) is 0.750. The van der Waals surface area contributed by atoms with Gasteiger partial charge in [-0.05, 0) is 5.92 Å². The first-order valence-corrected chi connectivity index (χ1v) is 5.83. The molecule has 0 aliphatic heterocycles. The predicted molar refractivity (Wildman–Crippen MR) is 64.7 cm³/mol. The van der Waals surface area contributed by atoms with E-state index in [-0.39, 0.29) is 5.92 Å². The molecular formula is C12H21NO5. The second kappa shape index (κ2) is 6.98. The Hall–Kier alpha value is -1.59. The van der Waals surface area contributed by atoms with Crippen molar-refractivity contribution in [2.45, 2.75) is 33.7 Å². The van der Waals surface area contributed by atoms with Gasteiger partial charge in [-0.3, -0.25) is 9.59 Å². The standard InChI is InChI=1S/C12H21NO5/c1-6(2)9(12(17)18-5)13-10(14)7(3)8(4)11(15)16/h6-9H,1-5H3,(H,13,14)(H,15,16). The predicted octanol–water partition coefficient (Wildman–Crippen LogP) is 0.657. The highest BCUT2D eigenvalue weighted by Crippen LogP contribution is 2.13. The Morgan fingerprint density at radius 1 is 1.06 bits per heavy atom. The summed E-state index contributed by atoms with van der Waals surface area (Å²) in [5.41, 5.74) is 0. The number of rotatable bonds is 6. The van der Waals surface area contributed by atoms with Gasteiger partial charge in [0.25, 0.3) is 0 Å². The number of carbonyl (C=O) groups is 3. The molecule has 104 valence electrons. The monoisotopic (exact) mass is 259 g/mol. The number of methoxy groups -OCH3 is 1. The Morgan fingerprint density at radius 3 is 1.89 bits per heavy atom. The zero-order valence-corrected chi connectivity index (χ0v) is 11.4. The summed E-state index contributed by atoms with van der Waals surface area (Å²) >= 11 is 0. The minimum atomic E-state index is -1.04. The molecule has 0 aromatic carbocycles. The minimum absolute atomic E-state index is 0.131. The lowest BCUT2D eigenvalue weighted by Crippen LogP contribution is -2.48. The van der Waals surface area contributed by atoms with Crippen LogP contribution in [0, 0.1) is 17.8 Å². The molecule has 0 aromatic heterocycles. The van der Waals surface area contributed by atoms with Gasteiger partial charge in [0.2, 0.25) is 5.91 Å². The fourth-order valence-electron chi connectivity index (χ4n) is 1.35. The van der Waals surface area contributed by atoms with Crippen molar-refractivity contribution < 1.29 is 24.2 Å². The lowest BCUT2D eigenvalue weighted by atomic mass is 9.94. The number of hydrogen-bond donors (Lipinski definition) is 2. The molecule has 0 radical (unpaired) electrons. The van der Waals surface area contributed by atoms with Crippen LogP contribution in [0.1, 0.15) is 27.7 Å². The molecule has 0 aliphatic rings. The van der Waals surface area contributed by atoms with Crippen molar-refractivity contribution in [3.05, 3.63) is 0 Å². The van der Waals surface area contributed by atoms with E-state index in [9.17, 15) is 14.4 Å². The van der Waals surface area contributed by atoms with Crippen LogP contribution in [-0.4, -0.2) is 36.1 Å². The molecule has 0 rings (SSSR count). The van der Waals surface area contributed by atoms with Crippen LogP contribution in [-0.2, 0) is 19.1 Å². The summed E-state index contributed by atoms with van der Waals surface area (Å²) in [6.45, 7) is 6.51. The van der Waals surface area contributed by atoms with Crippen molar-refractivity contribution >= 4 is 17.8 Å². The molecule has 1 amide bonds. The first kappa shape index (κ1) is 16.4. The molecule has 0 aromatic rings. The van der Waals surface area contributed by atoms with E-state index in [4.69, 9.17) is 5.11 Å². The highest BCUT2D eigenvalue weighted by molar-refractivity contribution is 5.88. The van der Waals surface area contributed by atoms with E-state index in [2.05, 4.69) is 10.1 Å². The number of esters is 1. The van der Waals surface area contributed by atoms with E-state index in [1.807, 2.05) is 0 Å². The molecule has 0 aliphatic carbocycles. The molecule has 0 bridgehead atoms. The van der Waals surface area contributed by atoms with Gasteiger partial charge in [-0.25, -0.2) is 4.79 Å². The fourth-order valence-corrected chi connectivity index (χ4v) is 1.35. The van der Waals surface area contributed by atoms with Gasteiger partial charge in [0.15, 0.2) is 0 Å². The molecule has 3 unspecified atom stereocenters. The van der Waals surface area contributed by atoms with Crippen LogP contribution in [0.4, 0.5) is 0 Å². The van der Waals surface area contributed by atoms with Gasteiger partial charge in [0.1, 0.15) is 6.04 Å². The molecule has 0 heterocycles. The van der Waals surface area contributed by atoms with Crippen molar-refractivity contribution in [3.8, 4) is 0 Å². The first-order chi connectivity index (χ1) is 8.22. The van der Waals surface area contributed by atoms with Gasteiger partial charge in [0, 0.05) is 5.92 Å². The largest absolute Gasteiger partial charge is 0.481 e. The highest BCUT2D eigenvalue weighted by Gasteiger charge is 2.31. The number of carbonyl (C=O) groups excluding carboxylic acids is 2. The smallest absolute Gasteiger partial charge is 0.328 e. The SMILES string of the molecule is COC(=O)C(NC(=O)C(C)C(C)C(=O)O)C(C)C. The van der Waals surface area contributed by atoms with Crippen LogP contribution in [0.25, 0.3) is 0 Å². The summed E-state index contributed by atoms with van der Waals surface area (Å²) in [6.07, 6.45) is 0. The summed E-state index contributed by atoms with van der Waals surface area (Å²) in [5, 5.41) is 11.4. The van der Waals surface area contributed by atoms with E-state index < -0.39 is 35.7 Å². The summed E-state index contributed by atoms with van der Waals surface area (Å²) < 4.78 is 4.59. The minimum Gasteiger partial charge on any atom is -0.481 e. The maximum atomic E-state index is 11.8. The topological polar surface area (TPSA) is 92.7 Å². The number of hydrogen-bond acceptors (Lipinski definition) is 4. The van der Waals surface area contributed by atoms with Crippen LogP contribution in [0.2, 0.25) is 0 Å². The molecule has 0 saturated carbocycles. The van der Waals surface area contributed by atoms with Crippen LogP contribution in [0.5, 0.6) is 0 Å². The highest BCUT2D eigenvalue weighted by atomic mass is 16.5. The van der Waals surface area contributed by atoms with Crippen LogP contribution < -0.4 is 5.32 Å². The van der Waals surface area contributed by atoms with E-state index in [0.29, 0.717) is 0 Å². The molecule has 2 N–H and O–H groups in total. The molecule has 6 nitrogen and oxygen atoms in total. The van der Waals surface area contributed by atoms with E-state index in [1.54, 1.807) is 13.8 Å². The van der Waals surface area contributed by atoms with Crippen molar-refractivity contribution in [2.75, 3.05) is 7.11 Å². The average molecular weight is 259 g/mol. The van der Waals surface area contributed by atoms with Crippen LogP contribution in [0.15, 0.2) is 0 Å². The maximum Gasteiger partial charge on any atom is 0.328 e. The van der Waals surface area contributed by atoms with Crippen LogP contribution in [0.3, 0.4) is 0 Å². The summed E-state index contributed by atoms with van der Waals surface area (Å²) in [6, 6.07) is -0.758. The van der Waals surface area contributed by atoms with Gasteiger partial charge in [0.05, 0.1) is 13.0 Å². The lowest BCUT2D eigenvalue weighted by Gasteiger charge is -2.23. The maximum absolute atomic E-state index is 11.8. The molecule has 18 heavy (non-hydrogen) atoms. The summed E-state index contributed by atoms with van der Waals surface area (Å²) in [4.78, 5) is 34.1. The Balaban J connectivity index is 4.70. The molecule has 6 heteroatoms. The van der Waals surface area contributed by atoms with E-state index in [1.165, 1.54) is 21.0 Å². The zero-order chi connectivity index (χ0) is 14.5. The van der Waals surface area contributed by atoms with Gasteiger partial charge in [-0.1, -0.05) is 27.7 Å². The number of nitrogens with one attached hydrogen (secondary N) is 1. The second-order valence-electron chi connectivity index (χ2n) is 4.67. The quantitative estimate of drug-likeness (QED) is 0.683. The first-order valence-electron chi connectivity index (χ1n) is 5.83. The van der Waals surface area contributed by atoms with Gasteiger partial charge >= 0.3 is 11.9 Å². The lowest BCUT2D eigenvalue weighted by molar-refractivity contribution is -0.149. The van der Waals surface area contributed by atoms with Crippen molar-refractivity contribution in [2.24, 2.45) is 17.8 Å². The van der Waals surface area contributed by atoms with Gasteiger partial charge in [-0.2, -0.15) is 0 Å². The Kier molecular flexibility index (Phi) is 6.36. The Bertz CT molecular complexity index is 326. The molecule has 3 atom stereocenters. The molecular weight excluding hydrogens is 238 g/mol. The van der Waals surface area contributed by atoms with E-state index in [0.717, 1.165) is 0 Å². The Labute approximate surface area is 107 Å². The normalized spacial score (nSPS) is 15.7. The van der Waals surface area contributed by atoms with E-state index >= 15 is 0 Å². The number of ether oxygens (including phenoxy) is 1. The van der Waals surface area contributed by atoms with Crippen molar-refractivity contribution in [3.63, 3.8) is 0 Å². The molecule has 0 fully saturated rings. The van der Waals surface area contributed by atoms with Crippen LogP contribution >= 0.6 is 0 Å². The number of carboxylic acids is 1. The Morgan fingerprint density at radius 2 is 1.56 bits per heavy atom. The number of carboxylic acid groups (broad SMARTS) is 1. The third kappa shape index (κ3) is 4.35. The summed E-state index contributed by atoms with van der Waals surface area (Å²) in [7, 11) is 1.24. The number of amides is 1.